The summed E-state index contributed by atoms with van der Waals surface area (Å²) < 4.78 is 15.2. The number of carbonyl (C=O) groups is 2. The Balaban J connectivity index is 1.56. The van der Waals surface area contributed by atoms with Crippen molar-refractivity contribution in [3.05, 3.63) is 103 Å². The Morgan fingerprint density at radius 3 is 2.22 bits per heavy atom. The van der Waals surface area contributed by atoms with Crippen LogP contribution in [0.2, 0.25) is 0 Å². The second-order valence-corrected chi connectivity index (χ2v) is 9.04. The fourth-order valence-corrected chi connectivity index (χ4v) is 3.93. The van der Waals surface area contributed by atoms with Crippen LogP contribution in [-0.2, 0) is 16.0 Å². The summed E-state index contributed by atoms with van der Waals surface area (Å²) in [4.78, 5) is 32.4. The Bertz CT molecular complexity index is 1300. The van der Waals surface area contributed by atoms with Crippen LogP contribution < -0.4 is 5.32 Å². The van der Waals surface area contributed by atoms with E-state index in [2.05, 4.69) is 10.3 Å². The zero-order valence-electron chi connectivity index (χ0n) is 20.4. The standard InChI is InChI=1S/C29H29FN4O2/c1-21(2)18-33(28(36)17-22-9-5-3-6-10-22)20-27(35)32-29-31-26(23-11-7-4-8-12-23)19-34(29)25-15-13-24(30)14-16-25/h3-16,19,21H,17-18,20H2,1-2H3,(H,31,32,35). The van der Waals surface area contributed by atoms with E-state index < -0.39 is 0 Å². The van der Waals surface area contributed by atoms with E-state index in [9.17, 15) is 14.0 Å². The molecule has 0 unspecified atom stereocenters. The second kappa shape index (κ2) is 11.4. The molecule has 0 aliphatic carbocycles. The van der Waals surface area contributed by atoms with Crippen molar-refractivity contribution in [1.82, 2.24) is 14.5 Å². The molecule has 0 spiro atoms. The lowest BCUT2D eigenvalue weighted by atomic mass is 10.1. The van der Waals surface area contributed by atoms with Crippen molar-refractivity contribution < 1.29 is 14.0 Å². The van der Waals surface area contributed by atoms with Crippen molar-refractivity contribution >= 4 is 17.8 Å². The Kier molecular flexibility index (Phi) is 7.90. The molecule has 0 fully saturated rings. The molecule has 1 heterocycles. The Morgan fingerprint density at radius 1 is 0.944 bits per heavy atom. The van der Waals surface area contributed by atoms with Gasteiger partial charge in [0.15, 0.2) is 0 Å². The number of rotatable bonds is 9. The van der Waals surface area contributed by atoms with E-state index in [1.54, 1.807) is 27.8 Å². The van der Waals surface area contributed by atoms with Crippen molar-refractivity contribution in [3.8, 4) is 16.9 Å². The number of aromatic nitrogens is 2. The van der Waals surface area contributed by atoms with Gasteiger partial charge in [0.2, 0.25) is 17.8 Å². The molecule has 0 aliphatic heterocycles. The Hall–Kier alpha value is -4.26. The van der Waals surface area contributed by atoms with Crippen LogP contribution >= 0.6 is 0 Å². The van der Waals surface area contributed by atoms with Crippen molar-refractivity contribution in [2.75, 3.05) is 18.4 Å². The Labute approximate surface area is 210 Å². The number of halogens is 1. The topological polar surface area (TPSA) is 67.2 Å². The van der Waals surface area contributed by atoms with Gasteiger partial charge in [-0.05, 0) is 35.7 Å². The third kappa shape index (κ3) is 6.44. The van der Waals surface area contributed by atoms with E-state index in [4.69, 9.17) is 0 Å². The van der Waals surface area contributed by atoms with Gasteiger partial charge in [-0.1, -0.05) is 74.5 Å². The molecule has 0 radical (unpaired) electrons. The van der Waals surface area contributed by atoms with Gasteiger partial charge < -0.3 is 4.90 Å². The molecule has 0 saturated heterocycles. The number of benzene rings is 3. The molecule has 0 atom stereocenters. The maximum Gasteiger partial charge on any atom is 0.246 e. The highest BCUT2D eigenvalue weighted by molar-refractivity contribution is 5.94. The number of imidazole rings is 1. The van der Waals surface area contributed by atoms with E-state index in [-0.39, 0.29) is 36.5 Å². The van der Waals surface area contributed by atoms with Crippen molar-refractivity contribution in [2.45, 2.75) is 20.3 Å². The number of nitrogens with zero attached hydrogens (tertiary/aromatic N) is 3. The highest BCUT2D eigenvalue weighted by atomic mass is 19.1. The number of hydrogen-bond acceptors (Lipinski definition) is 3. The van der Waals surface area contributed by atoms with Gasteiger partial charge in [-0.15, -0.1) is 0 Å². The van der Waals surface area contributed by atoms with Gasteiger partial charge in [0.25, 0.3) is 0 Å². The normalized spacial score (nSPS) is 10.9. The summed E-state index contributed by atoms with van der Waals surface area (Å²) in [6.07, 6.45) is 2.02. The lowest BCUT2D eigenvalue weighted by Crippen LogP contribution is -2.41. The molecular weight excluding hydrogens is 455 g/mol. The lowest BCUT2D eigenvalue weighted by Gasteiger charge is -2.24. The van der Waals surface area contributed by atoms with Crippen LogP contribution in [0.1, 0.15) is 19.4 Å². The van der Waals surface area contributed by atoms with Crippen LogP contribution in [0.25, 0.3) is 16.9 Å². The van der Waals surface area contributed by atoms with Gasteiger partial charge in [0.1, 0.15) is 5.82 Å². The van der Waals surface area contributed by atoms with Gasteiger partial charge in [-0.25, -0.2) is 9.37 Å². The molecule has 7 heteroatoms. The molecule has 0 bridgehead atoms. The van der Waals surface area contributed by atoms with E-state index in [1.165, 1.54) is 12.1 Å². The first-order valence-electron chi connectivity index (χ1n) is 11.9. The Morgan fingerprint density at radius 2 is 1.58 bits per heavy atom. The first kappa shape index (κ1) is 24.9. The predicted molar refractivity (Wildman–Crippen MR) is 139 cm³/mol. The fourth-order valence-electron chi connectivity index (χ4n) is 3.93. The first-order valence-corrected chi connectivity index (χ1v) is 11.9. The molecule has 3 aromatic carbocycles. The quantitative estimate of drug-likeness (QED) is 0.349. The maximum atomic E-state index is 13.5. The van der Waals surface area contributed by atoms with E-state index in [0.29, 0.717) is 23.9 Å². The summed E-state index contributed by atoms with van der Waals surface area (Å²) in [6.45, 7) is 4.38. The van der Waals surface area contributed by atoms with Gasteiger partial charge >= 0.3 is 0 Å². The minimum atomic E-state index is -0.356. The molecule has 1 aromatic heterocycles. The molecular formula is C29H29FN4O2. The zero-order chi connectivity index (χ0) is 25.5. The molecule has 0 saturated carbocycles. The average molecular weight is 485 g/mol. The SMILES string of the molecule is CC(C)CN(CC(=O)Nc1nc(-c2ccccc2)cn1-c1ccc(F)cc1)C(=O)Cc1ccccc1. The summed E-state index contributed by atoms with van der Waals surface area (Å²) in [7, 11) is 0. The number of hydrogen-bond donors (Lipinski definition) is 1. The number of carbonyl (C=O) groups excluding carboxylic acids is 2. The third-order valence-corrected chi connectivity index (χ3v) is 5.60. The highest BCUT2D eigenvalue weighted by Crippen LogP contribution is 2.24. The van der Waals surface area contributed by atoms with Gasteiger partial charge in [-0.3, -0.25) is 19.5 Å². The van der Waals surface area contributed by atoms with Crippen molar-refractivity contribution in [1.29, 1.82) is 0 Å². The van der Waals surface area contributed by atoms with Crippen LogP contribution in [0.5, 0.6) is 0 Å². The van der Waals surface area contributed by atoms with Crippen LogP contribution in [-0.4, -0.2) is 39.4 Å². The molecule has 36 heavy (non-hydrogen) atoms. The summed E-state index contributed by atoms with van der Waals surface area (Å²) in [5, 5.41) is 2.86. The molecule has 1 N–H and O–H groups in total. The lowest BCUT2D eigenvalue weighted by molar-refractivity contribution is -0.134. The highest BCUT2D eigenvalue weighted by Gasteiger charge is 2.21. The van der Waals surface area contributed by atoms with Crippen molar-refractivity contribution in [3.63, 3.8) is 0 Å². The summed E-state index contributed by atoms with van der Waals surface area (Å²) >= 11 is 0. The smallest absolute Gasteiger partial charge is 0.246 e. The van der Waals surface area contributed by atoms with Crippen LogP contribution in [0.15, 0.2) is 91.1 Å². The largest absolute Gasteiger partial charge is 0.333 e. The average Bonchev–Trinajstić information content (AvgIpc) is 3.28. The first-order chi connectivity index (χ1) is 17.4. The fraction of sp³-hybridized carbons (Fsp3) is 0.207. The van der Waals surface area contributed by atoms with E-state index in [0.717, 1.165) is 11.1 Å². The molecule has 6 nitrogen and oxygen atoms in total. The number of amides is 2. The van der Waals surface area contributed by atoms with E-state index in [1.807, 2.05) is 74.5 Å². The molecule has 4 aromatic rings. The summed E-state index contributed by atoms with van der Waals surface area (Å²) in [5.74, 6) is -0.328. The minimum Gasteiger partial charge on any atom is -0.333 e. The number of anilines is 1. The van der Waals surface area contributed by atoms with Gasteiger partial charge in [-0.2, -0.15) is 0 Å². The molecule has 184 valence electrons. The predicted octanol–water partition coefficient (Wildman–Crippen LogP) is 5.34. The summed E-state index contributed by atoms with van der Waals surface area (Å²) in [6, 6.07) is 25.0. The van der Waals surface area contributed by atoms with Crippen molar-refractivity contribution in [2.24, 2.45) is 5.92 Å². The summed E-state index contributed by atoms with van der Waals surface area (Å²) in [5.41, 5.74) is 3.10. The monoisotopic (exact) mass is 484 g/mol. The molecule has 4 rings (SSSR count). The van der Waals surface area contributed by atoms with E-state index >= 15 is 0 Å². The van der Waals surface area contributed by atoms with Crippen LogP contribution in [0, 0.1) is 11.7 Å². The second-order valence-electron chi connectivity index (χ2n) is 9.04. The van der Waals surface area contributed by atoms with Gasteiger partial charge in [0, 0.05) is 24.0 Å². The zero-order valence-corrected chi connectivity index (χ0v) is 20.4. The molecule has 0 aliphatic rings. The minimum absolute atomic E-state index is 0.0964. The van der Waals surface area contributed by atoms with Gasteiger partial charge in [0.05, 0.1) is 18.7 Å². The number of nitrogens with one attached hydrogen (secondary N) is 1. The molecule has 2 amide bonds. The van der Waals surface area contributed by atoms with Crippen LogP contribution in [0.3, 0.4) is 0 Å². The maximum absolute atomic E-state index is 13.5. The third-order valence-electron chi connectivity index (χ3n) is 5.60. The van der Waals surface area contributed by atoms with Crippen LogP contribution in [0.4, 0.5) is 10.3 Å².